The Morgan fingerprint density at radius 1 is 0.360 bits per heavy atom. The molecule has 10 rings (SSSR count). The van der Waals surface area contributed by atoms with E-state index in [4.69, 9.17) is 0 Å². The Hall–Kier alpha value is -6.22. The Kier molecular flexibility index (Phi) is 6.75. The van der Waals surface area contributed by atoms with E-state index in [1.807, 2.05) is 11.3 Å². The number of anilines is 3. The number of hydrogen-bond acceptors (Lipinski definition) is 2. The van der Waals surface area contributed by atoms with E-state index >= 15 is 0 Å². The van der Waals surface area contributed by atoms with Crippen molar-refractivity contribution < 1.29 is 0 Å². The Bertz CT molecular complexity index is 2860. The zero-order valence-corrected chi connectivity index (χ0v) is 28.1. The van der Waals surface area contributed by atoms with Crippen LogP contribution in [0.25, 0.3) is 74.7 Å². The zero-order valence-electron chi connectivity index (χ0n) is 27.3. The molecule has 0 atom stereocenters. The predicted molar refractivity (Wildman–Crippen MR) is 217 cm³/mol. The predicted octanol–water partition coefficient (Wildman–Crippen LogP) is 14.3. The van der Waals surface area contributed by atoms with Crippen LogP contribution in [0.2, 0.25) is 0 Å². The highest BCUT2D eigenvalue weighted by Crippen LogP contribution is 2.49. The summed E-state index contributed by atoms with van der Waals surface area (Å²) in [7, 11) is 0. The molecular formula is C48H31NS. The van der Waals surface area contributed by atoms with Gasteiger partial charge in [-0.25, -0.2) is 0 Å². The van der Waals surface area contributed by atoms with Crippen molar-refractivity contribution in [2.45, 2.75) is 0 Å². The fourth-order valence-electron chi connectivity index (χ4n) is 7.67. The van der Waals surface area contributed by atoms with Gasteiger partial charge in [-0.3, -0.25) is 0 Å². The number of nitrogens with zero attached hydrogens (tertiary/aromatic N) is 1. The van der Waals surface area contributed by atoms with Crippen LogP contribution in [0.4, 0.5) is 17.1 Å². The van der Waals surface area contributed by atoms with E-state index in [9.17, 15) is 0 Å². The number of hydrogen-bond donors (Lipinski definition) is 0. The maximum absolute atomic E-state index is 2.46. The number of thiophene rings is 1. The van der Waals surface area contributed by atoms with Gasteiger partial charge in [0.15, 0.2) is 0 Å². The van der Waals surface area contributed by atoms with Gasteiger partial charge in [-0.05, 0) is 91.0 Å². The topological polar surface area (TPSA) is 3.24 Å². The molecule has 2 heteroatoms. The van der Waals surface area contributed by atoms with Crippen molar-refractivity contribution in [3.05, 3.63) is 188 Å². The molecule has 0 aliphatic carbocycles. The zero-order chi connectivity index (χ0) is 33.0. The van der Waals surface area contributed by atoms with E-state index in [1.165, 1.54) is 80.4 Å². The van der Waals surface area contributed by atoms with Crippen LogP contribution in [0.15, 0.2) is 188 Å². The lowest BCUT2D eigenvalue weighted by Crippen LogP contribution is -2.10. The molecule has 0 saturated heterocycles. The smallest absolute Gasteiger partial charge is 0.0555 e. The molecule has 0 aliphatic rings. The molecule has 9 aromatic carbocycles. The third-order valence-corrected chi connectivity index (χ3v) is 11.2. The molecule has 0 bridgehead atoms. The normalized spacial score (nSPS) is 11.6. The van der Waals surface area contributed by atoms with E-state index < -0.39 is 0 Å². The summed E-state index contributed by atoms with van der Waals surface area (Å²) >= 11 is 1.88. The minimum absolute atomic E-state index is 1.12. The van der Waals surface area contributed by atoms with E-state index in [0.717, 1.165) is 11.4 Å². The molecule has 0 radical (unpaired) electrons. The van der Waals surface area contributed by atoms with Crippen molar-refractivity contribution in [2.75, 3.05) is 4.90 Å². The van der Waals surface area contributed by atoms with Crippen LogP contribution in [0.1, 0.15) is 0 Å². The van der Waals surface area contributed by atoms with Gasteiger partial charge < -0.3 is 4.90 Å². The van der Waals surface area contributed by atoms with Crippen LogP contribution >= 0.6 is 11.3 Å². The molecule has 0 amide bonds. The summed E-state index contributed by atoms with van der Waals surface area (Å²) in [5.41, 5.74) is 8.39. The lowest BCUT2D eigenvalue weighted by Gasteiger charge is -2.28. The van der Waals surface area contributed by atoms with Gasteiger partial charge in [-0.1, -0.05) is 152 Å². The van der Waals surface area contributed by atoms with E-state index in [1.54, 1.807) is 0 Å². The molecule has 0 N–H and O–H groups in total. The first-order valence-electron chi connectivity index (χ1n) is 17.1. The van der Waals surface area contributed by atoms with Crippen molar-refractivity contribution in [1.82, 2.24) is 0 Å². The molecule has 0 spiro atoms. The van der Waals surface area contributed by atoms with Gasteiger partial charge in [-0.15, -0.1) is 11.3 Å². The second kappa shape index (κ2) is 11.7. The van der Waals surface area contributed by atoms with E-state index in [-0.39, 0.29) is 0 Å². The molecule has 1 nitrogen and oxygen atoms in total. The first-order valence-corrected chi connectivity index (χ1v) is 17.9. The summed E-state index contributed by atoms with van der Waals surface area (Å²) in [5.74, 6) is 0. The molecule has 0 saturated carbocycles. The molecule has 0 aliphatic heterocycles. The molecule has 234 valence electrons. The van der Waals surface area contributed by atoms with Gasteiger partial charge in [0.1, 0.15) is 0 Å². The summed E-state index contributed by atoms with van der Waals surface area (Å²) in [5, 5.41) is 10.1. The largest absolute Gasteiger partial charge is 0.310 e. The first-order chi connectivity index (χ1) is 24.8. The Morgan fingerprint density at radius 3 is 1.78 bits per heavy atom. The second-order valence-corrected chi connectivity index (χ2v) is 14.0. The molecule has 10 aromatic rings. The van der Waals surface area contributed by atoms with Crippen molar-refractivity contribution in [1.29, 1.82) is 0 Å². The average molecular weight is 654 g/mol. The third kappa shape index (κ3) is 4.69. The van der Waals surface area contributed by atoms with Crippen molar-refractivity contribution >= 4 is 80.9 Å². The lowest BCUT2D eigenvalue weighted by molar-refractivity contribution is 1.31. The number of rotatable bonds is 5. The molecule has 0 unspecified atom stereocenters. The van der Waals surface area contributed by atoms with Gasteiger partial charge in [-0.2, -0.15) is 0 Å². The average Bonchev–Trinajstić information content (AvgIpc) is 3.58. The van der Waals surface area contributed by atoms with Gasteiger partial charge >= 0.3 is 0 Å². The summed E-state index contributed by atoms with van der Waals surface area (Å²) in [4.78, 5) is 2.46. The molecule has 1 aromatic heterocycles. The Labute approximate surface area is 294 Å². The van der Waals surface area contributed by atoms with E-state index in [2.05, 4.69) is 193 Å². The van der Waals surface area contributed by atoms with Gasteiger partial charge in [0.2, 0.25) is 0 Å². The van der Waals surface area contributed by atoms with E-state index in [0.29, 0.717) is 0 Å². The molecular weight excluding hydrogens is 623 g/mol. The maximum atomic E-state index is 2.46. The highest BCUT2D eigenvalue weighted by Gasteiger charge is 2.21. The number of benzene rings is 9. The van der Waals surface area contributed by atoms with Gasteiger partial charge in [0, 0.05) is 31.5 Å². The fourth-order valence-corrected chi connectivity index (χ4v) is 8.92. The standard InChI is InChI=1S/C48H31NS/c1-2-11-33(12-3-1)42-29-30-45(47-43-18-8-9-20-46(43)50-48(42)47)49(38-28-25-36-22-21-34-14-5-7-17-41(34)44(36)31-38)37-26-23-35(24-27-37)40-19-10-15-32-13-4-6-16-39(32)40/h1-31H. The van der Waals surface area contributed by atoms with Crippen LogP contribution in [-0.4, -0.2) is 0 Å². The van der Waals surface area contributed by atoms with Crippen LogP contribution in [0.3, 0.4) is 0 Å². The second-order valence-electron chi connectivity index (χ2n) is 12.9. The van der Waals surface area contributed by atoms with Crippen LogP contribution in [0, 0.1) is 0 Å². The SMILES string of the molecule is c1ccc(-c2ccc(N(c3ccc(-c4cccc5ccccc45)cc3)c3ccc4ccc5ccccc5c4c3)c3c2sc2ccccc23)cc1. The summed E-state index contributed by atoms with van der Waals surface area (Å²) in [6.45, 7) is 0. The van der Waals surface area contributed by atoms with Crippen molar-refractivity contribution in [2.24, 2.45) is 0 Å². The van der Waals surface area contributed by atoms with Crippen LogP contribution in [-0.2, 0) is 0 Å². The summed E-state index contributed by atoms with van der Waals surface area (Å²) < 4.78 is 2.60. The first kappa shape index (κ1) is 28.8. The van der Waals surface area contributed by atoms with Gasteiger partial charge in [0.05, 0.1) is 5.69 Å². The van der Waals surface area contributed by atoms with Crippen molar-refractivity contribution in [3.63, 3.8) is 0 Å². The molecule has 0 fully saturated rings. The molecule has 50 heavy (non-hydrogen) atoms. The minimum atomic E-state index is 1.12. The van der Waals surface area contributed by atoms with Crippen LogP contribution < -0.4 is 4.90 Å². The highest BCUT2D eigenvalue weighted by atomic mass is 32.1. The van der Waals surface area contributed by atoms with Crippen LogP contribution in [0.5, 0.6) is 0 Å². The van der Waals surface area contributed by atoms with Crippen molar-refractivity contribution in [3.8, 4) is 22.3 Å². The highest BCUT2D eigenvalue weighted by molar-refractivity contribution is 7.26. The Morgan fingerprint density at radius 2 is 0.960 bits per heavy atom. The summed E-state index contributed by atoms with van der Waals surface area (Å²) in [6.07, 6.45) is 0. The number of fused-ring (bicyclic) bond motifs is 7. The fraction of sp³-hybridized carbons (Fsp3) is 0. The quantitative estimate of drug-likeness (QED) is 0.167. The minimum Gasteiger partial charge on any atom is -0.310 e. The third-order valence-electron chi connectivity index (χ3n) is 10.0. The maximum Gasteiger partial charge on any atom is 0.0555 e. The Balaban J connectivity index is 1.23. The monoisotopic (exact) mass is 653 g/mol. The molecule has 1 heterocycles. The van der Waals surface area contributed by atoms with Gasteiger partial charge in [0.25, 0.3) is 0 Å². The lowest BCUT2D eigenvalue weighted by atomic mass is 9.97. The summed E-state index contributed by atoms with van der Waals surface area (Å²) in [6, 6.07) is 68.7.